The van der Waals surface area contributed by atoms with Crippen LogP contribution in [0.1, 0.15) is 5.76 Å². The Kier molecular flexibility index (Phi) is 2.36. The summed E-state index contributed by atoms with van der Waals surface area (Å²) >= 11 is 0. The molecule has 6 heteroatoms. The second-order valence-corrected chi connectivity index (χ2v) is 4.16. The van der Waals surface area contributed by atoms with Gasteiger partial charge >= 0.3 is 6.03 Å². The minimum absolute atomic E-state index is 0.0106. The molecule has 0 unspecified atom stereocenters. The molecule has 1 aromatic rings. The Balaban J connectivity index is 1.95. The number of aromatic nitrogens is 1. The maximum absolute atomic E-state index is 11.7. The largest absolute Gasteiger partial charge is 0.444 e. The van der Waals surface area contributed by atoms with Gasteiger partial charge in [0.2, 0.25) is 0 Å². The van der Waals surface area contributed by atoms with Crippen LogP contribution >= 0.6 is 0 Å². The summed E-state index contributed by atoms with van der Waals surface area (Å²) in [6.07, 6.45) is 5.07. The van der Waals surface area contributed by atoms with Gasteiger partial charge in [-0.05, 0) is 0 Å². The van der Waals surface area contributed by atoms with Crippen LogP contribution in [0, 0.1) is 0 Å². The van der Waals surface area contributed by atoms with Gasteiger partial charge in [-0.2, -0.15) is 0 Å². The summed E-state index contributed by atoms with van der Waals surface area (Å²) in [5.74, 6) is 0.706. The van der Waals surface area contributed by atoms with Crippen molar-refractivity contribution in [1.29, 1.82) is 0 Å². The number of rotatable bonds is 3. The summed E-state index contributed by atoms with van der Waals surface area (Å²) in [6.45, 7) is 1.14. The van der Waals surface area contributed by atoms with Crippen molar-refractivity contribution in [1.82, 2.24) is 15.2 Å². The average Bonchev–Trinajstić information content (AvgIpc) is 2.93. The summed E-state index contributed by atoms with van der Waals surface area (Å²) < 4.78 is 10.4. The molecule has 2 aliphatic heterocycles. The second kappa shape index (κ2) is 3.89. The van der Waals surface area contributed by atoms with Gasteiger partial charge in [0.05, 0.1) is 24.9 Å². The van der Waals surface area contributed by atoms with Crippen molar-refractivity contribution in [2.45, 2.75) is 12.1 Å². The van der Waals surface area contributed by atoms with Gasteiger partial charge in [-0.15, -0.1) is 0 Å². The number of urea groups is 1. The minimum atomic E-state index is -0.0529. The zero-order chi connectivity index (χ0) is 11.8. The number of oxazole rings is 1. The molecule has 90 valence electrons. The minimum Gasteiger partial charge on any atom is -0.444 e. The van der Waals surface area contributed by atoms with Crippen LogP contribution in [-0.4, -0.2) is 48.3 Å². The van der Waals surface area contributed by atoms with Gasteiger partial charge in [0, 0.05) is 19.2 Å². The van der Waals surface area contributed by atoms with Crippen LogP contribution in [0.25, 0.3) is 5.57 Å². The Labute approximate surface area is 98.2 Å². The van der Waals surface area contributed by atoms with Crippen molar-refractivity contribution in [2.24, 2.45) is 0 Å². The number of ether oxygens (including phenoxy) is 1. The van der Waals surface area contributed by atoms with Gasteiger partial charge in [-0.25, -0.2) is 9.78 Å². The molecule has 0 spiro atoms. The third kappa shape index (κ3) is 1.61. The fraction of sp³-hybridized carbons (Fsp3) is 0.455. The fourth-order valence-corrected chi connectivity index (χ4v) is 2.35. The summed E-state index contributed by atoms with van der Waals surface area (Å²) in [5.41, 5.74) is 0.978. The number of methoxy groups -OCH3 is 1. The predicted octanol–water partition coefficient (Wildman–Crippen LogP) is 0.480. The van der Waals surface area contributed by atoms with Crippen LogP contribution in [0.15, 0.2) is 23.1 Å². The Morgan fingerprint density at radius 1 is 1.71 bits per heavy atom. The normalized spacial score (nSPS) is 27.0. The van der Waals surface area contributed by atoms with Gasteiger partial charge in [-0.3, -0.25) is 0 Å². The Hall–Kier alpha value is -1.82. The molecule has 0 aliphatic carbocycles. The summed E-state index contributed by atoms with van der Waals surface area (Å²) in [6, 6.07) is -0.106. The topological polar surface area (TPSA) is 67.6 Å². The van der Waals surface area contributed by atoms with Crippen molar-refractivity contribution in [3.63, 3.8) is 0 Å². The second-order valence-electron chi connectivity index (χ2n) is 4.16. The van der Waals surface area contributed by atoms with E-state index in [1.165, 1.54) is 6.39 Å². The molecule has 2 atom stereocenters. The van der Waals surface area contributed by atoms with Crippen molar-refractivity contribution >= 4 is 11.6 Å². The summed E-state index contributed by atoms with van der Waals surface area (Å²) in [4.78, 5) is 17.4. The SMILES string of the molecule is COC[C@H]1C=C(c2cnco2)[C@H]2CN1C(=O)N2. The highest BCUT2D eigenvalue weighted by atomic mass is 16.5. The summed E-state index contributed by atoms with van der Waals surface area (Å²) in [5, 5.41) is 2.92. The Morgan fingerprint density at radius 2 is 2.59 bits per heavy atom. The van der Waals surface area contributed by atoms with E-state index in [2.05, 4.69) is 10.3 Å². The number of fused-ring (bicyclic) bond motifs is 2. The highest BCUT2D eigenvalue weighted by Gasteiger charge is 2.40. The maximum atomic E-state index is 11.7. The molecule has 1 saturated heterocycles. The molecular weight excluding hydrogens is 222 g/mol. The molecule has 17 heavy (non-hydrogen) atoms. The lowest BCUT2D eigenvalue weighted by Crippen LogP contribution is -2.41. The quantitative estimate of drug-likeness (QED) is 0.827. The molecule has 3 heterocycles. The standard InChI is InChI=1S/C11H13N3O3/c1-16-5-7-2-8(10-3-12-6-17-10)9-4-14(7)11(15)13-9/h2-3,6-7,9H,4-5H2,1H3,(H,13,15)/t7-,9-/m1/s1. The van der Waals surface area contributed by atoms with Gasteiger partial charge in [-0.1, -0.05) is 6.08 Å². The average molecular weight is 235 g/mol. The highest BCUT2D eigenvalue weighted by molar-refractivity contribution is 5.85. The molecule has 1 N–H and O–H groups in total. The Bertz CT molecular complexity index is 455. The number of hydrogen-bond donors (Lipinski definition) is 1. The van der Waals surface area contributed by atoms with Crippen LogP contribution < -0.4 is 5.32 Å². The third-order valence-corrected chi connectivity index (χ3v) is 3.14. The number of nitrogens with one attached hydrogen (secondary N) is 1. The van der Waals surface area contributed by atoms with E-state index in [1.807, 2.05) is 6.08 Å². The van der Waals surface area contributed by atoms with Gasteiger partial charge in [0.15, 0.2) is 12.2 Å². The molecule has 1 aromatic heterocycles. The number of nitrogens with zero attached hydrogens (tertiary/aromatic N) is 2. The lowest BCUT2D eigenvalue weighted by molar-refractivity contribution is 0.133. The zero-order valence-electron chi connectivity index (χ0n) is 9.42. The molecule has 2 aliphatic rings. The smallest absolute Gasteiger partial charge is 0.318 e. The van der Waals surface area contributed by atoms with Crippen molar-refractivity contribution in [3.8, 4) is 0 Å². The number of hydrogen-bond acceptors (Lipinski definition) is 4. The number of carbonyl (C=O) groups is 1. The highest BCUT2D eigenvalue weighted by Crippen LogP contribution is 2.29. The van der Waals surface area contributed by atoms with E-state index in [9.17, 15) is 4.79 Å². The Morgan fingerprint density at radius 3 is 3.29 bits per heavy atom. The van der Waals surface area contributed by atoms with E-state index >= 15 is 0 Å². The van der Waals surface area contributed by atoms with Crippen molar-refractivity contribution in [2.75, 3.05) is 20.3 Å². The van der Waals surface area contributed by atoms with E-state index in [4.69, 9.17) is 9.15 Å². The molecule has 0 aromatic carbocycles. The first-order valence-electron chi connectivity index (χ1n) is 5.46. The molecule has 1 fully saturated rings. The molecular formula is C11H13N3O3. The fourth-order valence-electron chi connectivity index (χ4n) is 2.35. The number of amides is 2. The molecule has 2 amide bonds. The van der Waals surface area contributed by atoms with Gasteiger partial charge in [0.1, 0.15) is 0 Å². The molecule has 3 rings (SSSR count). The lowest BCUT2D eigenvalue weighted by Gasteiger charge is -2.28. The van der Waals surface area contributed by atoms with E-state index < -0.39 is 0 Å². The van der Waals surface area contributed by atoms with E-state index in [1.54, 1.807) is 18.2 Å². The first-order chi connectivity index (χ1) is 8.29. The number of carbonyl (C=O) groups excluding carboxylic acids is 1. The lowest BCUT2D eigenvalue weighted by atomic mass is 9.98. The molecule has 2 bridgehead atoms. The van der Waals surface area contributed by atoms with Crippen LogP contribution in [-0.2, 0) is 4.74 Å². The van der Waals surface area contributed by atoms with Crippen LogP contribution in [0.2, 0.25) is 0 Å². The van der Waals surface area contributed by atoms with Gasteiger partial charge < -0.3 is 19.4 Å². The predicted molar refractivity (Wildman–Crippen MR) is 59.2 cm³/mol. The molecule has 6 nitrogen and oxygen atoms in total. The first kappa shape index (κ1) is 10.3. The van der Waals surface area contributed by atoms with E-state index in [-0.39, 0.29) is 18.1 Å². The molecule has 0 saturated carbocycles. The van der Waals surface area contributed by atoms with Crippen LogP contribution in [0.4, 0.5) is 4.79 Å². The molecule has 0 radical (unpaired) electrons. The van der Waals surface area contributed by atoms with E-state index in [0.717, 1.165) is 5.57 Å². The van der Waals surface area contributed by atoms with Gasteiger partial charge in [0.25, 0.3) is 0 Å². The van der Waals surface area contributed by atoms with Crippen LogP contribution in [0.3, 0.4) is 0 Å². The van der Waals surface area contributed by atoms with E-state index in [0.29, 0.717) is 18.9 Å². The first-order valence-corrected chi connectivity index (χ1v) is 5.46. The summed E-state index contributed by atoms with van der Waals surface area (Å²) in [7, 11) is 1.63. The van der Waals surface area contributed by atoms with Crippen molar-refractivity contribution < 1.29 is 13.9 Å². The third-order valence-electron chi connectivity index (χ3n) is 3.14. The van der Waals surface area contributed by atoms with Crippen molar-refractivity contribution in [3.05, 3.63) is 24.4 Å². The van der Waals surface area contributed by atoms with Crippen LogP contribution in [0.5, 0.6) is 0 Å². The zero-order valence-corrected chi connectivity index (χ0v) is 9.42. The maximum Gasteiger partial charge on any atom is 0.318 e. The monoisotopic (exact) mass is 235 g/mol.